The first kappa shape index (κ1) is 6.67. The van der Waals surface area contributed by atoms with Gasteiger partial charge in [0.2, 0.25) is 5.88 Å². The highest BCUT2D eigenvalue weighted by atomic mass is 16.5. The van der Waals surface area contributed by atoms with E-state index in [1.807, 2.05) is 0 Å². The minimum atomic E-state index is -0.297. The molecule has 1 heterocycles. The second-order valence-electron chi connectivity index (χ2n) is 1.74. The van der Waals surface area contributed by atoms with Crippen LogP contribution in [0.15, 0.2) is 16.9 Å². The van der Waals surface area contributed by atoms with Crippen molar-refractivity contribution in [2.45, 2.75) is 0 Å². The van der Waals surface area contributed by atoms with E-state index in [9.17, 15) is 4.79 Å². The number of rotatable bonds is 1. The van der Waals surface area contributed by atoms with Crippen LogP contribution in [0.4, 0.5) is 0 Å². The zero-order valence-electron chi connectivity index (χ0n) is 5.42. The maximum atomic E-state index is 10.6. The molecule has 2 N–H and O–H groups in total. The molecule has 0 radical (unpaired) electrons. The molecule has 0 aliphatic rings. The number of pyridine rings is 1. The standard InChI is InChI=1S/C6H7NO3/c1-10-6-4(8)2-3-5(9)7-6/h2-3,8H,1H3,(H,7,9). The van der Waals surface area contributed by atoms with Crippen LogP contribution in [-0.2, 0) is 0 Å². The van der Waals surface area contributed by atoms with E-state index in [0.29, 0.717) is 0 Å². The monoisotopic (exact) mass is 141 g/mol. The van der Waals surface area contributed by atoms with Crippen LogP contribution in [0.3, 0.4) is 0 Å². The van der Waals surface area contributed by atoms with Crippen molar-refractivity contribution < 1.29 is 9.84 Å². The lowest BCUT2D eigenvalue weighted by atomic mass is 10.4. The zero-order valence-corrected chi connectivity index (χ0v) is 5.42. The van der Waals surface area contributed by atoms with Gasteiger partial charge in [-0.25, -0.2) is 0 Å². The third kappa shape index (κ3) is 1.10. The average Bonchev–Trinajstić information content (AvgIpc) is 1.94. The number of aromatic hydroxyl groups is 1. The van der Waals surface area contributed by atoms with Gasteiger partial charge in [-0.05, 0) is 6.07 Å². The zero-order chi connectivity index (χ0) is 7.56. The summed E-state index contributed by atoms with van der Waals surface area (Å²) in [6.07, 6.45) is 0. The van der Waals surface area contributed by atoms with Crippen LogP contribution in [0, 0.1) is 0 Å². The summed E-state index contributed by atoms with van der Waals surface area (Å²) in [6, 6.07) is 2.50. The molecule has 0 saturated heterocycles. The van der Waals surface area contributed by atoms with E-state index in [1.165, 1.54) is 19.2 Å². The van der Waals surface area contributed by atoms with Crippen LogP contribution in [0.2, 0.25) is 0 Å². The number of H-pyrrole nitrogens is 1. The van der Waals surface area contributed by atoms with E-state index < -0.39 is 0 Å². The lowest BCUT2D eigenvalue weighted by Crippen LogP contribution is -2.04. The Labute approximate surface area is 57.1 Å². The van der Waals surface area contributed by atoms with Crippen LogP contribution < -0.4 is 10.3 Å². The molecule has 1 aromatic rings. The normalized spacial score (nSPS) is 9.30. The Kier molecular flexibility index (Phi) is 1.62. The molecule has 0 saturated carbocycles. The van der Waals surface area contributed by atoms with Gasteiger partial charge in [-0.3, -0.25) is 9.78 Å². The van der Waals surface area contributed by atoms with Gasteiger partial charge in [-0.2, -0.15) is 0 Å². The smallest absolute Gasteiger partial charge is 0.250 e. The van der Waals surface area contributed by atoms with Crippen molar-refractivity contribution in [2.75, 3.05) is 7.11 Å². The molecule has 1 aromatic heterocycles. The van der Waals surface area contributed by atoms with Gasteiger partial charge in [0.1, 0.15) is 0 Å². The maximum Gasteiger partial charge on any atom is 0.250 e. The topological polar surface area (TPSA) is 62.3 Å². The van der Waals surface area contributed by atoms with Gasteiger partial charge in [0, 0.05) is 6.07 Å². The molecular formula is C6H7NO3. The van der Waals surface area contributed by atoms with Crippen LogP contribution in [0.5, 0.6) is 11.6 Å². The Morgan fingerprint density at radius 3 is 2.80 bits per heavy atom. The van der Waals surface area contributed by atoms with Crippen molar-refractivity contribution >= 4 is 0 Å². The minimum absolute atomic E-state index is 0.0675. The summed E-state index contributed by atoms with van der Waals surface area (Å²) in [5.74, 6) is 0.0228. The van der Waals surface area contributed by atoms with Gasteiger partial charge >= 0.3 is 0 Å². The number of ether oxygens (including phenoxy) is 1. The number of hydrogen-bond donors (Lipinski definition) is 2. The van der Waals surface area contributed by atoms with Crippen LogP contribution >= 0.6 is 0 Å². The Balaban J connectivity index is 3.22. The van der Waals surface area contributed by atoms with Gasteiger partial charge in [0.25, 0.3) is 5.56 Å². The third-order valence-corrected chi connectivity index (χ3v) is 1.07. The fourth-order valence-electron chi connectivity index (χ4n) is 0.604. The van der Waals surface area contributed by atoms with E-state index in [0.717, 1.165) is 0 Å². The Bertz CT molecular complexity index is 279. The first-order chi connectivity index (χ1) is 4.74. The summed E-state index contributed by atoms with van der Waals surface area (Å²) in [4.78, 5) is 12.9. The van der Waals surface area contributed by atoms with E-state index in [2.05, 4.69) is 9.72 Å². The molecule has 0 unspecified atom stereocenters. The fraction of sp³-hybridized carbons (Fsp3) is 0.167. The number of nitrogens with one attached hydrogen (secondary N) is 1. The van der Waals surface area contributed by atoms with E-state index in [1.54, 1.807) is 0 Å². The lowest BCUT2D eigenvalue weighted by Gasteiger charge is -1.99. The lowest BCUT2D eigenvalue weighted by molar-refractivity contribution is 0.357. The fourth-order valence-corrected chi connectivity index (χ4v) is 0.604. The largest absolute Gasteiger partial charge is 0.503 e. The summed E-state index contributed by atoms with van der Waals surface area (Å²) in [6.45, 7) is 0. The molecule has 4 nitrogen and oxygen atoms in total. The number of hydrogen-bond acceptors (Lipinski definition) is 3. The minimum Gasteiger partial charge on any atom is -0.503 e. The highest BCUT2D eigenvalue weighted by molar-refractivity contribution is 5.30. The maximum absolute atomic E-state index is 10.6. The molecule has 0 spiro atoms. The Morgan fingerprint density at radius 2 is 2.30 bits per heavy atom. The van der Waals surface area contributed by atoms with Crippen LogP contribution in [-0.4, -0.2) is 17.2 Å². The highest BCUT2D eigenvalue weighted by Crippen LogP contribution is 2.17. The molecule has 1 rings (SSSR count). The molecule has 0 atom stereocenters. The summed E-state index contributed by atoms with van der Waals surface area (Å²) >= 11 is 0. The van der Waals surface area contributed by atoms with Gasteiger partial charge in [0.05, 0.1) is 7.11 Å². The van der Waals surface area contributed by atoms with Crippen molar-refractivity contribution in [3.8, 4) is 11.6 Å². The van der Waals surface area contributed by atoms with E-state index >= 15 is 0 Å². The summed E-state index contributed by atoms with van der Waals surface area (Å²) in [5, 5.41) is 8.94. The molecule has 0 bridgehead atoms. The number of methoxy groups -OCH3 is 1. The Morgan fingerprint density at radius 1 is 1.60 bits per heavy atom. The molecule has 54 valence electrons. The molecule has 0 aliphatic carbocycles. The van der Waals surface area contributed by atoms with Gasteiger partial charge in [-0.15, -0.1) is 0 Å². The molecule has 0 amide bonds. The predicted octanol–water partition coefficient (Wildman–Crippen LogP) is 0.0891. The molecule has 0 fully saturated rings. The number of aromatic amines is 1. The summed E-state index contributed by atoms with van der Waals surface area (Å²) in [5.41, 5.74) is -0.297. The van der Waals surface area contributed by atoms with Crippen LogP contribution in [0.25, 0.3) is 0 Å². The molecule has 0 aliphatic heterocycles. The first-order valence-electron chi connectivity index (χ1n) is 2.70. The van der Waals surface area contributed by atoms with Crippen molar-refractivity contribution in [3.05, 3.63) is 22.5 Å². The van der Waals surface area contributed by atoms with Gasteiger partial charge in [-0.1, -0.05) is 0 Å². The Hall–Kier alpha value is -1.45. The third-order valence-electron chi connectivity index (χ3n) is 1.07. The SMILES string of the molecule is COc1[nH]c(=O)ccc1O. The van der Waals surface area contributed by atoms with Gasteiger partial charge < -0.3 is 9.84 Å². The van der Waals surface area contributed by atoms with Crippen molar-refractivity contribution in [1.82, 2.24) is 4.98 Å². The van der Waals surface area contributed by atoms with E-state index in [4.69, 9.17) is 5.11 Å². The van der Waals surface area contributed by atoms with Crippen molar-refractivity contribution in [2.24, 2.45) is 0 Å². The quantitative estimate of drug-likeness (QED) is 0.582. The van der Waals surface area contributed by atoms with E-state index in [-0.39, 0.29) is 17.2 Å². The van der Waals surface area contributed by atoms with Crippen LogP contribution in [0.1, 0.15) is 0 Å². The molecular weight excluding hydrogens is 134 g/mol. The average molecular weight is 141 g/mol. The second-order valence-corrected chi connectivity index (χ2v) is 1.74. The molecule has 4 heteroatoms. The van der Waals surface area contributed by atoms with Crippen molar-refractivity contribution in [1.29, 1.82) is 0 Å². The molecule has 0 aromatic carbocycles. The summed E-state index contributed by atoms with van der Waals surface area (Å²) in [7, 11) is 1.37. The first-order valence-corrected chi connectivity index (χ1v) is 2.70. The predicted molar refractivity (Wildman–Crippen MR) is 35.3 cm³/mol. The molecule has 10 heavy (non-hydrogen) atoms. The van der Waals surface area contributed by atoms with Crippen molar-refractivity contribution in [3.63, 3.8) is 0 Å². The second kappa shape index (κ2) is 2.43. The number of aromatic nitrogens is 1. The van der Waals surface area contributed by atoms with Gasteiger partial charge in [0.15, 0.2) is 5.75 Å². The summed E-state index contributed by atoms with van der Waals surface area (Å²) < 4.78 is 4.62. The highest BCUT2D eigenvalue weighted by Gasteiger charge is 1.98.